The summed E-state index contributed by atoms with van der Waals surface area (Å²) in [6.07, 6.45) is 4.44. The number of piperidine rings is 1. The molecule has 0 atom stereocenters. The van der Waals surface area contributed by atoms with Crippen LogP contribution in [-0.2, 0) is 26.7 Å². The number of benzene rings is 2. The molecule has 0 bridgehead atoms. The molecule has 0 spiro atoms. The lowest BCUT2D eigenvalue weighted by Gasteiger charge is -2.42. The van der Waals surface area contributed by atoms with Gasteiger partial charge in [-0.3, -0.25) is 9.69 Å². The molecule has 0 unspecified atom stereocenters. The zero-order chi connectivity index (χ0) is 24.5. The number of likely N-dealkylation sites (tertiary alicyclic amines) is 1. The molecule has 1 saturated heterocycles. The molecule has 6 nitrogen and oxygen atoms in total. The van der Waals surface area contributed by atoms with E-state index in [4.69, 9.17) is 4.74 Å². The summed E-state index contributed by atoms with van der Waals surface area (Å²) in [6.45, 7) is 2.62. The highest BCUT2D eigenvalue weighted by Gasteiger charge is 2.37. The zero-order valence-corrected chi connectivity index (χ0v) is 20.3. The normalized spacial score (nSPS) is 18.6. The van der Waals surface area contributed by atoms with Crippen LogP contribution in [0.25, 0.3) is 0 Å². The largest absolute Gasteiger partial charge is 0.384 e. The Morgan fingerprint density at radius 3 is 2.35 bits per heavy atom. The van der Waals surface area contributed by atoms with Gasteiger partial charge in [-0.15, -0.1) is 0 Å². The smallest absolute Gasteiger partial charge is 0.267 e. The average molecular weight is 493 g/mol. The van der Waals surface area contributed by atoms with Crippen molar-refractivity contribution in [3.05, 3.63) is 70.3 Å². The average Bonchev–Trinajstić information content (AvgIpc) is 3.60. The molecule has 1 aliphatic heterocycles. The fraction of sp³-hybridized carbons (Fsp3) is 0.480. The molecular weight excluding hydrogens is 462 g/mol. The molecule has 4 rings (SSSR count). The fourth-order valence-corrected chi connectivity index (χ4v) is 5.36. The Balaban J connectivity index is 1.51. The van der Waals surface area contributed by atoms with Gasteiger partial charge in [-0.2, -0.15) is 0 Å². The van der Waals surface area contributed by atoms with Gasteiger partial charge in [0.1, 0.15) is 11.6 Å². The first-order valence-electron chi connectivity index (χ1n) is 11.4. The van der Waals surface area contributed by atoms with Gasteiger partial charge in [0.15, 0.2) is 0 Å². The second-order valence-corrected chi connectivity index (χ2v) is 11.3. The minimum atomic E-state index is -3.79. The third-order valence-electron chi connectivity index (χ3n) is 6.85. The summed E-state index contributed by atoms with van der Waals surface area (Å²) in [7, 11) is -2.11. The van der Waals surface area contributed by atoms with E-state index < -0.39 is 21.7 Å². The Bertz CT molecular complexity index is 1160. The minimum Gasteiger partial charge on any atom is -0.384 e. The first-order valence-corrected chi connectivity index (χ1v) is 13.3. The van der Waals surface area contributed by atoms with Gasteiger partial charge < -0.3 is 4.74 Å². The maximum absolute atomic E-state index is 14.8. The molecule has 34 heavy (non-hydrogen) atoms. The van der Waals surface area contributed by atoms with Crippen molar-refractivity contribution in [2.24, 2.45) is 0 Å². The Kier molecular flexibility index (Phi) is 7.07. The van der Waals surface area contributed by atoms with Crippen LogP contribution in [0, 0.1) is 11.6 Å². The van der Waals surface area contributed by atoms with Crippen molar-refractivity contribution in [3.8, 4) is 0 Å². The van der Waals surface area contributed by atoms with Gasteiger partial charge in [0.25, 0.3) is 5.91 Å². The van der Waals surface area contributed by atoms with Gasteiger partial charge in [-0.25, -0.2) is 21.9 Å². The number of carbonyl (C=O) groups is 1. The number of nitrogens with zero attached hydrogens (tertiary/aromatic N) is 1. The SMILES string of the molecule is COCC1(c2ccc(F)cc2)CCN(Cc2cc(F)c(C(=O)NS(C)(=O)=O)cc2C2CC2)CC1. The van der Waals surface area contributed by atoms with Crippen molar-refractivity contribution in [1.29, 1.82) is 0 Å². The number of carbonyl (C=O) groups excluding carboxylic acids is 1. The van der Waals surface area contributed by atoms with Crippen molar-refractivity contribution in [2.75, 3.05) is 33.1 Å². The van der Waals surface area contributed by atoms with Crippen LogP contribution in [0.15, 0.2) is 36.4 Å². The van der Waals surface area contributed by atoms with Crippen molar-refractivity contribution < 1.29 is 26.7 Å². The Morgan fingerprint density at radius 2 is 1.79 bits per heavy atom. The summed E-state index contributed by atoms with van der Waals surface area (Å²) in [4.78, 5) is 14.5. The topological polar surface area (TPSA) is 75.7 Å². The molecule has 1 aliphatic carbocycles. The Morgan fingerprint density at radius 1 is 1.15 bits per heavy atom. The Hall–Kier alpha value is -2.36. The fourth-order valence-electron chi connectivity index (χ4n) is 4.92. The van der Waals surface area contributed by atoms with E-state index in [-0.39, 0.29) is 22.7 Å². The number of ether oxygens (including phenoxy) is 1. The highest BCUT2D eigenvalue weighted by Crippen LogP contribution is 2.43. The highest BCUT2D eigenvalue weighted by molar-refractivity contribution is 7.89. The molecule has 1 heterocycles. The van der Waals surface area contributed by atoms with E-state index in [1.54, 1.807) is 7.11 Å². The molecule has 2 fully saturated rings. The summed E-state index contributed by atoms with van der Waals surface area (Å²) < 4.78 is 58.5. The van der Waals surface area contributed by atoms with Crippen LogP contribution >= 0.6 is 0 Å². The standard InChI is InChI=1S/C25H30F2N2O4S/c1-33-16-25(19-5-7-20(26)8-6-19)9-11-29(12-10-25)15-18-13-23(27)22(14-21(18)17-3-4-17)24(30)28-34(2,31)32/h5-8,13-14,17H,3-4,9-12,15-16H2,1-2H3,(H,28,30). The van der Waals surface area contributed by atoms with Crippen molar-refractivity contribution >= 4 is 15.9 Å². The molecule has 1 N–H and O–H groups in total. The molecular formula is C25H30F2N2O4S. The molecule has 0 aromatic heterocycles. The zero-order valence-electron chi connectivity index (χ0n) is 19.4. The number of halogens is 2. The van der Waals surface area contributed by atoms with Crippen LogP contribution in [0.2, 0.25) is 0 Å². The molecule has 1 amide bonds. The summed E-state index contributed by atoms with van der Waals surface area (Å²) >= 11 is 0. The predicted octanol–water partition coefficient (Wildman–Crippen LogP) is 3.71. The number of nitrogens with one attached hydrogen (secondary N) is 1. The monoisotopic (exact) mass is 492 g/mol. The molecule has 2 aromatic rings. The summed E-state index contributed by atoms with van der Waals surface area (Å²) in [5, 5.41) is 0. The number of hydrogen-bond donors (Lipinski definition) is 1. The first kappa shape index (κ1) is 24.8. The molecule has 9 heteroatoms. The van der Waals surface area contributed by atoms with E-state index in [1.807, 2.05) is 16.9 Å². The number of amides is 1. The third kappa shape index (κ3) is 5.64. The summed E-state index contributed by atoms with van der Waals surface area (Å²) in [5.41, 5.74) is 2.35. The quantitative estimate of drug-likeness (QED) is 0.608. The summed E-state index contributed by atoms with van der Waals surface area (Å²) in [6, 6.07) is 9.49. The predicted molar refractivity (Wildman–Crippen MR) is 125 cm³/mol. The van der Waals surface area contributed by atoms with E-state index in [9.17, 15) is 22.0 Å². The number of methoxy groups -OCH3 is 1. The van der Waals surface area contributed by atoms with Crippen molar-refractivity contribution in [3.63, 3.8) is 0 Å². The van der Waals surface area contributed by atoms with E-state index in [0.717, 1.165) is 61.7 Å². The van der Waals surface area contributed by atoms with Gasteiger partial charge in [0.2, 0.25) is 10.0 Å². The van der Waals surface area contributed by atoms with Gasteiger partial charge in [0, 0.05) is 19.1 Å². The molecule has 0 radical (unpaired) electrons. The van der Waals surface area contributed by atoms with Crippen molar-refractivity contribution in [1.82, 2.24) is 9.62 Å². The lowest BCUT2D eigenvalue weighted by Crippen LogP contribution is -2.45. The van der Waals surface area contributed by atoms with Gasteiger partial charge >= 0.3 is 0 Å². The van der Waals surface area contributed by atoms with E-state index >= 15 is 0 Å². The highest BCUT2D eigenvalue weighted by atomic mass is 32.2. The number of sulfonamides is 1. The molecule has 184 valence electrons. The second-order valence-electron chi connectivity index (χ2n) is 9.50. The molecule has 2 aromatic carbocycles. The van der Waals surface area contributed by atoms with Crippen LogP contribution < -0.4 is 4.72 Å². The van der Waals surface area contributed by atoms with E-state index in [1.165, 1.54) is 24.3 Å². The van der Waals surface area contributed by atoms with Crippen LogP contribution in [-0.4, -0.2) is 52.3 Å². The molecule has 2 aliphatic rings. The number of rotatable bonds is 8. The first-order chi connectivity index (χ1) is 16.1. The van der Waals surface area contributed by atoms with E-state index in [0.29, 0.717) is 13.2 Å². The van der Waals surface area contributed by atoms with Crippen LogP contribution in [0.1, 0.15) is 58.6 Å². The lowest BCUT2D eigenvalue weighted by atomic mass is 9.73. The van der Waals surface area contributed by atoms with Gasteiger partial charge in [-0.1, -0.05) is 12.1 Å². The molecule has 1 saturated carbocycles. The minimum absolute atomic E-state index is 0.197. The maximum Gasteiger partial charge on any atom is 0.267 e. The maximum atomic E-state index is 14.8. The van der Waals surface area contributed by atoms with E-state index in [2.05, 4.69) is 4.90 Å². The summed E-state index contributed by atoms with van der Waals surface area (Å²) in [5.74, 6) is -1.68. The van der Waals surface area contributed by atoms with Crippen molar-refractivity contribution in [2.45, 2.75) is 43.6 Å². The van der Waals surface area contributed by atoms with Gasteiger partial charge in [0.05, 0.1) is 18.4 Å². The van der Waals surface area contributed by atoms with Crippen LogP contribution in [0.5, 0.6) is 0 Å². The second kappa shape index (κ2) is 9.71. The van der Waals surface area contributed by atoms with Crippen LogP contribution in [0.4, 0.5) is 8.78 Å². The number of hydrogen-bond acceptors (Lipinski definition) is 5. The van der Waals surface area contributed by atoms with Gasteiger partial charge in [-0.05, 0) is 85.6 Å². The lowest BCUT2D eigenvalue weighted by molar-refractivity contribution is 0.0700. The third-order valence-corrected chi connectivity index (χ3v) is 7.41. The Labute approximate surface area is 199 Å². The van der Waals surface area contributed by atoms with Crippen LogP contribution in [0.3, 0.4) is 0 Å².